The maximum atomic E-state index is 14.9. The molecule has 2 aromatic carbocycles. The number of nitrogens with one attached hydrogen (secondary N) is 2. The molecule has 0 saturated heterocycles. The number of sulfonamides is 1. The molecule has 0 aliphatic heterocycles. The molecule has 0 aliphatic carbocycles. The summed E-state index contributed by atoms with van der Waals surface area (Å²) in [6.07, 6.45) is 0. The van der Waals surface area contributed by atoms with Crippen LogP contribution in [0.4, 0.5) is 4.39 Å². The van der Waals surface area contributed by atoms with E-state index in [0.717, 1.165) is 11.6 Å². The molecule has 0 aliphatic rings. The molecule has 2 N–H and O–H groups in total. The molecule has 0 saturated carbocycles. The van der Waals surface area contributed by atoms with Gasteiger partial charge in [-0.2, -0.15) is 9.98 Å². The second-order valence-electron chi connectivity index (χ2n) is 7.79. The zero-order valence-corrected chi connectivity index (χ0v) is 20.2. The van der Waals surface area contributed by atoms with E-state index in [0.29, 0.717) is 5.56 Å². The van der Waals surface area contributed by atoms with Crippen LogP contribution in [0.1, 0.15) is 64.3 Å². The lowest BCUT2D eigenvalue weighted by molar-refractivity contribution is 0.0526. The number of nitrogens with zero attached hydrogens (tertiary/aromatic N) is 2. The van der Waals surface area contributed by atoms with Gasteiger partial charge in [-0.05, 0) is 61.7 Å². The summed E-state index contributed by atoms with van der Waals surface area (Å²) in [5, 5.41) is 15.3. The first-order chi connectivity index (χ1) is 16.5. The van der Waals surface area contributed by atoms with Crippen LogP contribution in [0, 0.1) is 31.0 Å². The van der Waals surface area contributed by atoms with Crippen molar-refractivity contribution >= 4 is 16.0 Å². The monoisotopic (exact) mass is 502 g/mol. The van der Waals surface area contributed by atoms with Gasteiger partial charge in [-0.25, -0.2) is 27.5 Å². The van der Waals surface area contributed by atoms with E-state index in [4.69, 9.17) is 9.15 Å². The molecule has 10 nitrogen and oxygen atoms in total. The highest BCUT2D eigenvalue weighted by Crippen LogP contribution is 2.35. The van der Waals surface area contributed by atoms with Crippen LogP contribution in [-0.2, 0) is 14.8 Å². The van der Waals surface area contributed by atoms with Crippen molar-refractivity contribution in [1.29, 1.82) is 5.26 Å². The number of hydrogen-bond acceptors (Lipinski definition) is 8. The zero-order chi connectivity index (χ0) is 25.9. The molecule has 0 amide bonds. The number of nitriles is 1. The fourth-order valence-corrected chi connectivity index (χ4v) is 5.13. The van der Waals surface area contributed by atoms with E-state index in [9.17, 15) is 27.7 Å². The molecule has 2 atom stereocenters. The molecular weight excluding hydrogens is 479 g/mol. The Hall–Kier alpha value is -3.82. The molecule has 0 unspecified atom stereocenters. The Balaban J connectivity index is 2.13. The summed E-state index contributed by atoms with van der Waals surface area (Å²) in [4.78, 5) is 23.3. The molecule has 0 fully saturated rings. The van der Waals surface area contributed by atoms with E-state index in [-0.39, 0.29) is 29.2 Å². The van der Waals surface area contributed by atoms with Crippen molar-refractivity contribution in [2.75, 3.05) is 6.61 Å². The second-order valence-corrected chi connectivity index (χ2v) is 9.47. The third-order valence-electron chi connectivity index (χ3n) is 5.59. The van der Waals surface area contributed by atoms with E-state index in [1.807, 2.05) is 0 Å². The van der Waals surface area contributed by atoms with Crippen LogP contribution in [0.15, 0.2) is 44.4 Å². The molecule has 12 heteroatoms. The normalized spacial score (nSPS) is 13.1. The SMILES string of the molecule is CCOC(=O)c1ccc(C#N)c(S(=O)(=O)N[C@H](c2n[nH]c(=O)o2)[C@H](C)c2c(F)ccc(C)c2C)c1. The Morgan fingerprint density at radius 1 is 1.31 bits per heavy atom. The number of H-pyrrole nitrogens is 1. The van der Waals surface area contributed by atoms with Crippen LogP contribution >= 0.6 is 0 Å². The van der Waals surface area contributed by atoms with Crippen molar-refractivity contribution in [2.45, 2.75) is 44.6 Å². The van der Waals surface area contributed by atoms with Crippen LogP contribution in [0.25, 0.3) is 0 Å². The lowest BCUT2D eigenvalue weighted by Gasteiger charge is -2.25. The van der Waals surface area contributed by atoms with Crippen LogP contribution in [0.5, 0.6) is 0 Å². The van der Waals surface area contributed by atoms with Gasteiger partial charge in [-0.3, -0.25) is 0 Å². The molecule has 0 spiro atoms. The fourth-order valence-electron chi connectivity index (χ4n) is 3.68. The Labute approximate surface area is 200 Å². The first-order valence-corrected chi connectivity index (χ1v) is 12.0. The maximum absolute atomic E-state index is 14.9. The number of halogens is 1. The van der Waals surface area contributed by atoms with Crippen LogP contribution in [0.2, 0.25) is 0 Å². The van der Waals surface area contributed by atoms with E-state index in [2.05, 4.69) is 14.9 Å². The summed E-state index contributed by atoms with van der Waals surface area (Å²) < 4.78 is 54.0. The zero-order valence-electron chi connectivity index (χ0n) is 19.4. The average Bonchev–Trinajstić information content (AvgIpc) is 3.25. The Bertz CT molecular complexity index is 1470. The summed E-state index contributed by atoms with van der Waals surface area (Å²) >= 11 is 0. The van der Waals surface area contributed by atoms with Gasteiger partial charge in [0.25, 0.3) is 0 Å². The van der Waals surface area contributed by atoms with E-state index in [1.165, 1.54) is 18.2 Å². The van der Waals surface area contributed by atoms with Crippen molar-refractivity contribution in [1.82, 2.24) is 14.9 Å². The van der Waals surface area contributed by atoms with Crippen LogP contribution in [-0.4, -0.2) is 31.2 Å². The van der Waals surface area contributed by atoms with Gasteiger partial charge in [0.2, 0.25) is 15.9 Å². The third-order valence-corrected chi connectivity index (χ3v) is 7.07. The molecule has 1 heterocycles. The number of hydrogen-bond donors (Lipinski definition) is 2. The predicted octanol–water partition coefficient (Wildman–Crippen LogP) is 2.99. The van der Waals surface area contributed by atoms with Gasteiger partial charge in [0.15, 0.2) is 0 Å². The van der Waals surface area contributed by atoms with Gasteiger partial charge in [0.05, 0.1) is 17.7 Å². The first kappa shape index (κ1) is 25.8. The number of aromatic nitrogens is 2. The number of carbonyl (C=O) groups excluding carboxylic acids is 1. The molecule has 1 aromatic heterocycles. The molecule has 35 heavy (non-hydrogen) atoms. The standard InChI is InChI=1S/C23H23FN4O6S/c1-5-33-22(29)15-7-8-16(11-25)18(10-15)35(31,32)28-20(21-26-27-23(30)34-21)14(4)19-13(3)12(2)6-9-17(19)24/h6-10,14,20,28H,5H2,1-4H3,(H,27,30)/t14-,20+/m1/s1. The number of benzene rings is 2. The van der Waals surface area contributed by atoms with Gasteiger partial charge in [0, 0.05) is 5.92 Å². The summed E-state index contributed by atoms with van der Waals surface area (Å²) in [7, 11) is -4.52. The fraction of sp³-hybridized carbons (Fsp3) is 0.304. The largest absolute Gasteiger partial charge is 0.462 e. The topological polar surface area (TPSA) is 155 Å². The molecule has 3 aromatic rings. The highest BCUT2D eigenvalue weighted by atomic mass is 32.2. The van der Waals surface area contributed by atoms with Gasteiger partial charge < -0.3 is 9.15 Å². The maximum Gasteiger partial charge on any atom is 0.434 e. The highest BCUT2D eigenvalue weighted by Gasteiger charge is 2.34. The van der Waals surface area contributed by atoms with Crippen molar-refractivity contribution in [2.24, 2.45) is 0 Å². The van der Waals surface area contributed by atoms with E-state index < -0.39 is 44.4 Å². The third kappa shape index (κ3) is 5.31. The molecule has 0 bridgehead atoms. The van der Waals surface area contributed by atoms with Crippen molar-refractivity contribution in [3.63, 3.8) is 0 Å². The van der Waals surface area contributed by atoms with Crippen LogP contribution in [0.3, 0.4) is 0 Å². The number of ether oxygens (including phenoxy) is 1. The number of carbonyl (C=O) groups is 1. The summed E-state index contributed by atoms with van der Waals surface area (Å²) in [5.41, 5.74) is 1.24. The number of rotatable bonds is 8. The van der Waals surface area contributed by atoms with Crippen LogP contribution < -0.4 is 10.5 Å². The second kappa shape index (κ2) is 10.2. The summed E-state index contributed by atoms with van der Waals surface area (Å²) in [6.45, 7) is 6.67. The minimum atomic E-state index is -4.52. The smallest absolute Gasteiger partial charge is 0.434 e. The van der Waals surface area contributed by atoms with Gasteiger partial charge >= 0.3 is 11.7 Å². The van der Waals surface area contributed by atoms with E-state index >= 15 is 0 Å². The Kier molecular flexibility index (Phi) is 7.52. The van der Waals surface area contributed by atoms with Gasteiger partial charge in [-0.1, -0.05) is 13.0 Å². The minimum absolute atomic E-state index is 0.0678. The molecular formula is C23H23FN4O6S. The van der Waals surface area contributed by atoms with Gasteiger partial charge in [-0.15, -0.1) is 5.10 Å². The number of aryl methyl sites for hydroxylation is 1. The summed E-state index contributed by atoms with van der Waals surface area (Å²) in [5.74, 6) is -3.50. The van der Waals surface area contributed by atoms with E-state index in [1.54, 1.807) is 39.8 Å². The first-order valence-electron chi connectivity index (χ1n) is 10.5. The minimum Gasteiger partial charge on any atom is -0.462 e. The van der Waals surface area contributed by atoms with Gasteiger partial charge in [0.1, 0.15) is 22.8 Å². The van der Waals surface area contributed by atoms with Crippen molar-refractivity contribution in [3.8, 4) is 6.07 Å². The molecule has 0 radical (unpaired) electrons. The van der Waals surface area contributed by atoms with Crippen molar-refractivity contribution in [3.05, 3.63) is 80.4 Å². The number of aromatic amines is 1. The Morgan fingerprint density at radius 3 is 2.63 bits per heavy atom. The average molecular weight is 503 g/mol. The lowest BCUT2D eigenvalue weighted by atomic mass is 9.88. The molecule has 3 rings (SSSR count). The summed E-state index contributed by atoms with van der Waals surface area (Å²) in [6, 6.07) is 6.75. The predicted molar refractivity (Wildman–Crippen MR) is 122 cm³/mol. The highest BCUT2D eigenvalue weighted by molar-refractivity contribution is 7.89. The van der Waals surface area contributed by atoms with Crippen molar-refractivity contribution < 1.29 is 26.8 Å². The Morgan fingerprint density at radius 2 is 2.03 bits per heavy atom. The number of esters is 1. The molecule has 184 valence electrons. The lowest BCUT2D eigenvalue weighted by Crippen LogP contribution is -2.33. The quantitative estimate of drug-likeness (QED) is 0.445.